The van der Waals surface area contributed by atoms with E-state index < -0.39 is 37.3 Å². The normalized spacial score (nSPS) is 14.1. The van der Waals surface area contributed by atoms with Gasteiger partial charge in [0.2, 0.25) is 0 Å². The second-order valence-corrected chi connectivity index (χ2v) is 12.6. The highest BCUT2D eigenvalue weighted by Gasteiger charge is 2.42. The molecule has 1 unspecified atom stereocenters. The number of pyridine rings is 1. The van der Waals surface area contributed by atoms with Crippen LogP contribution in [0.25, 0.3) is 0 Å². The molecule has 6 nitrogen and oxygen atoms in total. The number of phenolic OH excluding ortho intramolecular Hbond substituents is 1. The number of nitrogens with one attached hydrogen (secondary N) is 1. The number of alkyl halides is 3. The van der Waals surface area contributed by atoms with Crippen LogP contribution in [0.1, 0.15) is 54.9 Å². The summed E-state index contributed by atoms with van der Waals surface area (Å²) in [4.78, 5) is 15.7. The van der Waals surface area contributed by atoms with E-state index in [0.29, 0.717) is 17.8 Å². The molecule has 0 bridgehead atoms. The van der Waals surface area contributed by atoms with Crippen molar-refractivity contribution in [3.05, 3.63) is 89.2 Å². The largest absolute Gasteiger partial charge is 0.507 e. The van der Waals surface area contributed by atoms with Crippen molar-refractivity contribution in [2.45, 2.75) is 55.3 Å². The zero-order chi connectivity index (χ0) is 27.6. The highest BCUT2D eigenvalue weighted by molar-refractivity contribution is 7.92. The van der Waals surface area contributed by atoms with Crippen LogP contribution < -0.4 is 5.32 Å². The van der Waals surface area contributed by atoms with E-state index >= 15 is 0 Å². The molecule has 0 aliphatic heterocycles. The SMILES string of the molecule is CC(C)(C)c1cccc(CC(C)(CNC(=O)c2ccccc2O)S(=O)(=O)c2ccc(C(F)(F)F)nc2)c1. The van der Waals surface area contributed by atoms with Gasteiger partial charge in [0.05, 0.1) is 15.2 Å². The zero-order valence-electron chi connectivity index (χ0n) is 20.9. The van der Waals surface area contributed by atoms with Crippen LogP contribution in [-0.4, -0.2) is 35.7 Å². The van der Waals surface area contributed by atoms with Gasteiger partial charge in [-0.3, -0.25) is 9.78 Å². The van der Waals surface area contributed by atoms with Gasteiger partial charge < -0.3 is 10.4 Å². The molecule has 2 aromatic carbocycles. The lowest BCUT2D eigenvalue weighted by atomic mass is 9.85. The highest BCUT2D eigenvalue weighted by Crippen LogP contribution is 2.33. The summed E-state index contributed by atoms with van der Waals surface area (Å²) in [5.74, 6) is -0.956. The van der Waals surface area contributed by atoms with Gasteiger partial charge in [0.15, 0.2) is 9.84 Å². The minimum atomic E-state index is -4.72. The first-order chi connectivity index (χ1) is 17.0. The number of hydrogen-bond donors (Lipinski definition) is 2. The molecule has 1 aromatic heterocycles. The average Bonchev–Trinajstić information content (AvgIpc) is 2.82. The Kier molecular flexibility index (Phi) is 7.74. The number of rotatable bonds is 7. The van der Waals surface area contributed by atoms with Crippen LogP contribution in [-0.2, 0) is 27.8 Å². The molecule has 37 heavy (non-hydrogen) atoms. The van der Waals surface area contributed by atoms with Crippen molar-refractivity contribution in [1.29, 1.82) is 0 Å². The molecule has 3 aromatic rings. The van der Waals surface area contributed by atoms with E-state index in [4.69, 9.17) is 0 Å². The van der Waals surface area contributed by atoms with Gasteiger partial charge in [-0.1, -0.05) is 57.2 Å². The van der Waals surface area contributed by atoms with E-state index in [0.717, 1.165) is 11.6 Å². The van der Waals surface area contributed by atoms with Crippen molar-refractivity contribution in [3.63, 3.8) is 0 Å². The summed E-state index contributed by atoms with van der Waals surface area (Å²) >= 11 is 0. The summed E-state index contributed by atoms with van der Waals surface area (Å²) in [7, 11) is -4.30. The first-order valence-electron chi connectivity index (χ1n) is 11.5. The summed E-state index contributed by atoms with van der Waals surface area (Å²) in [5, 5.41) is 12.6. The number of halogens is 3. The first-order valence-corrected chi connectivity index (χ1v) is 13.0. The van der Waals surface area contributed by atoms with E-state index in [1.165, 1.54) is 19.1 Å². The Hall–Kier alpha value is -3.40. The third kappa shape index (κ3) is 6.30. The summed E-state index contributed by atoms with van der Waals surface area (Å²) < 4.78 is 64.9. The van der Waals surface area contributed by atoms with Crippen molar-refractivity contribution < 1.29 is 31.5 Å². The maximum atomic E-state index is 13.8. The molecule has 198 valence electrons. The van der Waals surface area contributed by atoms with Crippen molar-refractivity contribution in [1.82, 2.24) is 10.3 Å². The fraction of sp³-hybridized carbons (Fsp3) is 0.333. The Labute approximate surface area is 214 Å². The fourth-order valence-corrected chi connectivity index (χ4v) is 5.48. The molecule has 0 fully saturated rings. The highest BCUT2D eigenvalue weighted by atomic mass is 32.2. The average molecular weight is 535 g/mol. The van der Waals surface area contributed by atoms with Crippen molar-refractivity contribution in [2.24, 2.45) is 0 Å². The molecule has 0 radical (unpaired) electrons. The molecule has 1 atom stereocenters. The second-order valence-electron chi connectivity index (χ2n) is 10.2. The van der Waals surface area contributed by atoms with Crippen LogP contribution in [0.2, 0.25) is 0 Å². The minimum Gasteiger partial charge on any atom is -0.507 e. The number of aromatic hydroxyl groups is 1. The number of carbonyl (C=O) groups is 1. The number of nitrogens with zero attached hydrogens (tertiary/aromatic N) is 1. The molecule has 1 heterocycles. The number of para-hydroxylation sites is 1. The summed E-state index contributed by atoms with van der Waals surface area (Å²) in [5.41, 5.74) is 0.197. The van der Waals surface area contributed by atoms with Gasteiger partial charge in [-0.05, 0) is 54.2 Å². The van der Waals surface area contributed by atoms with E-state index in [9.17, 15) is 31.5 Å². The Bertz CT molecular complexity index is 1380. The Morgan fingerprint density at radius 3 is 2.22 bits per heavy atom. The molecule has 3 rings (SSSR count). The predicted molar refractivity (Wildman–Crippen MR) is 134 cm³/mol. The van der Waals surface area contributed by atoms with Crippen LogP contribution in [0.3, 0.4) is 0 Å². The van der Waals surface area contributed by atoms with Crippen LogP contribution in [0.5, 0.6) is 5.75 Å². The van der Waals surface area contributed by atoms with Gasteiger partial charge in [-0.25, -0.2) is 8.42 Å². The monoisotopic (exact) mass is 534 g/mol. The second kappa shape index (κ2) is 10.2. The van der Waals surface area contributed by atoms with Crippen LogP contribution >= 0.6 is 0 Å². The van der Waals surface area contributed by atoms with Crippen LogP contribution in [0.4, 0.5) is 13.2 Å². The molecular weight excluding hydrogens is 505 g/mol. The standard InChI is InChI=1S/C27H29F3N2O4S/c1-25(2,3)19-9-7-8-18(14-19)15-26(4,17-32-24(34)21-10-5-6-11-22(21)33)37(35,36)20-12-13-23(31-16-20)27(28,29)30/h5-14,16,33H,15,17H2,1-4H3,(H,32,34). The van der Waals surface area contributed by atoms with E-state index in [2.05, 4.69) is 10.3 Å². The van der Waals surface area contributed by atoms with Crippen molar-refractivity contribution >= 4 is 15.7 Å². The van der Waals surface area contributed by atoms with E-state index in [1.807, 2.05) is 39.0 Å². The number of carbonyl (C=O) groups excluding carboxylic acids is 1. The van der Waals surface area contributed by atoms with Crippen LogP contribution in [0, 0.1) is 0 Å². The topological polar surface area (TPSA) is 96.4 Å². The summed E-state index contributed by atoms with van der Waals surface area (Å²) in [6.45, 7) is 7.10. The molecule has 0 aliphatic carbocycles. The van der Waals surface area contributed by atoms with Crippen LogP contribution in [0.15, 0.2) is 71.8 Å². The quantitative estimate of drug-likeness (QED) is 0.428. The Morgan fingerprint density at radius 1 is 0.973 bits per heavy atom. The summed E-state index contributed by atoms with van der Waals surface area (Å²) in [6.07, 6.45) is -4.07. The molecule has 10 heteroatoms. The number of phenols is 1. The lowest BCUT2D eigenvalue weighted by molar-refractivity contribution is -0.141. The number of sulfone groups is 1. The molecular formula is C27H29F3N2O4S. The number of aromatic nitrogens is 1. The fourth-order valence-electron chi connectivity index (χ4n) is 3.85. The van der Waals surface area contributed by atoms with Gasteiger partial charge in [0.25, 0.3) is 5.91 Å². The van der Waals surface area contributed by atoms with E-state index in [-0.39, 0.29) is 29.7 Å². The third-order valence-electron chi connectivity index (χ3n) is 6.13. The van der Waals surface area contributed by atoms with Gasteiger partial charge in [-0.15, -0.1) is 0 Å². The Balaban J connectivity index is 2.02. The molecule has 0 saturated carbocycles. The molecule has 0 aliphatic rings. The van der Waals surface area contributed by atoms with Gasteiger partial charge >= 0.3 is 6.18 Å². The van der Waals surface area contributed by atoms with Crippen molar-refractivity contribution in [3.8, 4) is 5.75 Å². The molecule has 0 spiro atoms. The lowest BCUT2D eigenvalue weighted by Crippen LogP contribution is -2.48. The maximum absolute atomic E-state index is 13.8. The smallest absolute Gasteiger partial charge is 0.433 e. The third-order valence-corrected chi connectivity index (χ3v) is 8.58. The number of hydrogen-bond acceptors (Lipinski definition) is 5. The predicted octanol–water partition coefficient (Wildman–Crippen LogP) is 5.31. The molecule has 2 N–H and O–H groups in total. The van der Waals surface area contributed by atoms with Gasteiger partial charge in [0, 0.05) is 12.7 Å². The zero-order valence-corrected chi connectivity index (χ0v) is 21.7. The number of benzene rings is 2. The Morgan fingerprint density at radius 2 is 1.65 bits per heavy atom. The summed E-state index contributed by atoms with van der Waals surface area (Å²) in [6, 6.07) is 14.7. The first kappa shape index (κ1) is 28.2. The maximum Gasteiger partial charge on any atom is 0.433 e. The van der Waals surface area contributed by atoms with Crippen molar-refractivity contribution in [2.75, 3.05) is 6.54 Å². The van der Waals surface area contributed by atoms with Gasteiger partial charge in [0.1, 0.15) is 11.4 Å². The van der Waals surface area contributed by atoms with Gasteiger partial charge in [-0.2, -0.15) is 13.2 Å². The minimum absolute atomic E-state index is 0.0341. The molecule has 1 amide bonds. The lowest BCUT2D eigenvalue weighted by Gasteiger charge is -2.30. The number of amides is 1. The molecule has 0 saturated heterocycles. The van der Waals surface area contributed by atoms with E-state index in [1.54, 1.807) is 18.2 Å².